The van der Waals surface area contributed by atoms with Crippen molar-refractivity contribution in [2.45, 2.75) is 90.4 Å². The van der Waals surface area contributed by atoms with Gasteiger partial charge >= 0.3 is 0 Å². The molecule has 0 aromatic heterocycles. The van der Waals surface area contributed by atoms with Gasteiger partial charge in [0.15, 0.2) is 0 Å². The quantitative estimate of drug-likeness (QED) is 0.420. The maximum atomic E-state index is 15.4. The van der Waals surface area contributed by atoms with Crippen molar-refractivity contribution in [1.82, 2.24) is 0 Å². The van der Waals surface area contributed by atoms with Crippen LogP contribution in [-0.4, -0.2) is 0 Å². The molecular weight excluding hydrogens is 367 g/mol. The van der Waals surface area contributed by atoms with Crippen LogP contribution in [0.15, 0.2) is 42.5 Å². The number of hydrogen-bond acceptors (Lipinski definition) is 0. The third kappa shape index (κ3) is 4.82. The van der Waals surface area contributed by atoms with E-state index in [2.05, 4.69) is 50.3 Å². The summed E-state index contributed by atoms with van der Waals surface area (Å²) in [6.45, 7) is 4.40. The van der Waals surface area contributed by atoms with Crippen LogP contribution < -0.4 is 0 Å². The minimum Gasteiger partial charge on any atom is -0.206 e. The van der Waals surface area contributed by atoms with Crippen LogP contribution in [0.25, 0.3) is 10.8 Å². The highest BCUT2D eigenvalue weighted by atomic mass is 19.1. The Balaban J connectivity index is 1.40. The molecule has 2 aromatic carbocycles. The van der Waals surface area contributed by atoms with E-state index in [9.17, 15) is 0 Å². The average Bonchev–Trinajstić information content (AvgIpc) is 2.80. The lowest BCUT2D eigenvalue weighted by Gasteiger charge is -2.38. The first-order valence-corrected chi connectivity index (χ1v) is 12.5. The second kappa shape index (κ2) is 10.1. The molecule has 0 radical (unpaired) electrons. The Morgan fingerprint density at radius 3 is 2.27 bits per heavy atom. The summed E-state index contributed by atoms with van der Waals surface area (Å²) in [5, 5.41) is 1.86. The van der Waals surface area contributed by atoms with Crippen LogP contribution in [-0.2, 0) is 6.42 Å². The van der Waals surface area contributed by atoms with Gasteiger partial charge in [0.1, 0.15) is 5.82 Å². The first-order valence-electron chi connectivity index (χ1n) is 12.5. The summed E-state index contributed by atoms with van der Waals surface area (Å²) in [5.74, 6) is 3.26. The summed E-state index contributed by atoms with van der Waals surface area (Å²) >= 11 is 0. The van der Waals surface area contributed by atoms with E-state index in [0.29, 0.717) is 5.92 Å². The van der Waals surface area contributed by atoms with Gasteiger partial charge in [0, 0.05) is 5.39 Å². The van der Waals surface area contributed by atoms with Crippen molar-refractivity contribution >= 4 is 10.8 Å². The van der Waals surface area contributed by atoms with Crippen molar-refractivity contribution in [2.24, 2.45) is 17.8 Å². The van der Waals surface area contributed by atoms with Gasteiger partial charge < -0.3 is 0 Å². The van der Waals surface area contributed by atoms with E-state index >= 15 is 4.39 Å². The smallest absolute Gasteiger partial charge is 0.134 e. The predicted octanol–water partition coefficient (Wildman–Crippen LogP) is 8.98. The van der Waals surface area contributed by atoms with E-state index in [1.54, 1.807) is 0 Å². The highest BCUT2D eigenvalue weighted by Crippen LogP contribution is 2.45. The molecule has 0 spiro atoms. The molecule has 0 aliphatic heterocycles. The molecule has 0 heterocycles. The van der Waals surface area contributed by atoms with Gasteiger partial charge in [-0.2, -0.15) is 0 Å². The van der Waals surface area contributed by atoms with E-state index in [-0.39, 0.29) is 5.82 Å². The maximum Gasteiger partial charge on any atom is 0.134 e. The number of allylic oxidation sites excluding steroid dienone is 2. The molecule has 2 aromatic rings. The highest BCUT2D eigenvalue weighted by Gasteiger charge is 2.31. The van der Waals surface area contributed by atoms with Crippen molar-refractivity contribution in [3.05, 3.63) is 59.4 Å². The fourth-order valence-electron chi connectivity index (χ4n) is 6.22. The Bertz CT molecular complexity index is 848. The number of benzene rings is 2. The molecule has 0 unspecified atom stereocenters. The average molecular weight is 407 g/mol. The van der Waals surface area contributed by atoms with Gasteiger partial charge in [0.2, 0.25) is 0 Å². The number of fused-ring (bicyclic) bond motifs is 1. The first-order chi connectivity index (χ1) is 14.7. The Morgan fingerprint density at radius 1 is 0.900 bits per heavy atom. The molecule has 4 rings (SSSR count). The van der Waals surface area contributed by atoms with Crippen LogP contribution in [0.4, 0.5) is 4.39 Å². The molecule has 0 amide bonds. The Labute approximate surface area is 183 Å². The molecule has 0 atom stereocenters. The molecule has 0 bridgehead atoms. The zero-order valence-electron chi connectivity index (χ0n) is 19.0. The van der Waals surface area contributed by atoms with Crippen LogP contribution in [0.5, 0.6) is 0 Å². The molecule has 2 saturated carbocycles. The number of hydrogen-bond donors (Lipinski definition) is 0. The Kier molecular flexibility index (Phi) is 7.28. The summed E-state index contributed by atoms with van der Waals surface area (Å²) < 4.78 is 15.4. The van der Waals surface area contributed by atoms with Crippen LogP contribution in [0.1, 0.15) is 95.1 Å². The molecule has 2 fully saturated rings. The first kappa shape index (κ1) is 21.6. The van der Waals surface area contributed by atoms with Gasteiger partial charge in [-0.05, 0) is 98.5 Å². The largest absolute Gasteiger partial charge is 0.206 e. The standard InChI is InChI=1S/C29H39F/c1-3-5-6-7-22-10-18-28-26(20-22)17-19-27(29(28)30)25-15-13-24(14-16-25)23-11-8-21(4-2)9-12-23/h3,5,10,17-21,23-25H,4,6-9,11-16H2,1-2H3/b5-3+. The van der Waals surface area contributed by atoms with Crippen molar-refractivity contribution in [1.29, 1.82) is 0 Å². The Morgan fingerprint density at radius 2 is 1.60 bits per heavy atom. The number of aryl methyl sites for hydroxylation is 1. The number of rotatable bonds is 6. The van der Waals surface area contributed by atoms with Gasteiger partial charge in [-0.3, -0.25) is 0 Å². The third-order valence-corrected chi connectivity index (χ3v) is 8.23. The van der Waals surface area contributed by atoms with Crippen LogP contribution in [0.2, 0.25) is 0 Å². The van der Waals surface area contributed by atoms with Crippen LogP contribution in [0, 0.1) is 23.6 Å². The molecule has 0 nitrogen and oxygen atoms in total. The predicted molar refractivity (Wildman–Crippen MR) is 127 cm³/mol. The normalized spacial score (nSPS) is 27.7. The van der Waals surface area contributed by atoms with Gasteiger partial charge in [0.05, 0.1) is 0 Å². The van der Waals surface area contributed by atoms with Crippen molar-refractivity contribution < 1.29 is 4.39 Å². The van der Waals surface area contributed by atoms with Gasteiger partial charge in [-0.25, -0.2) is 4.39 Å². The summed E-state index contributed by atoms with van der Waals surface area (Å²) in [6, 6.07) is 10.5. The highest BCUT2D eigenvalue weighted by molar-refractivity contribution is 5.84. The lowest BCUT2D eigenvalue weighted by Crippen LogP contribution is -2.25. The number of halogens is 1. The molecule has 162 valence electrons. The van der Waals surface area contributed by atoms with E-state index in [1.165, 1.54) is 63.4 Å². The molecule has 0 saturated heterocycles. The summed E-state index contributed by atoms with van der Waals surface area (Å²) in [6.07, 6.45) is 18.4. The van der Waals surface area contributed by atoms with Crippen LogP contribution >= 0.6 is 0 Å². The van der Waals surface area contributed by atoms with Gasteiger partial charge in [-0.1, -0.05) is 68.7 Å². The van der Waals surface area contributed by atoms with Gasteiger partial charge in [0.25, 0.3) is 0 Å². The Hall–Kier alpha value is -1.63. The second-order valence-electron chi connectivity index (χ2n) is 9.93. The van der Waals surface area contributed by atoms with E-state index in [1.807, 2.05) is 6.07 Å². The van der Waals surface area contributed by atoms with E-state index < -0.39 is 0 Å². The SMILES string of the molecule is C/C=C/CCc1ccc2c(F)c(C3CCC(C4CCC(CC)CC4)CC3)ccc2c1. The monoisotopic (exact) mass is 406 g/mol. The zero-order valence-corrected chi connectivity index (χ0v) is 19.0. The fraction of sp³-hybridized carbons (Fsp3) is 0.586. The lowest BCUT2D eigenvalue weighted by molar-refractivity contribution is 0.158. The van der Waals surface area contributed by atoms with Gasteiger partial charge in [-0.15, -0.1) is 0 Å². The summed E-state index contributed by atoms with van der Waals surface area (Å²) in [4.78, 5) is 0. The van der Waals surface area contributed by atoms with E-state index in [4.69, 9.17) is 0 Å². The third-order valence-electron chi connectivity index (χ3n) is 8.23. The van der Waals surface area contributed by atoms with Crippen molar-refractivity contribution in [2.75, 3.05) is 0 Å². The molecule has 30 heavy (non-hydrogen) atoms. The topological polar surface area (TPSA) is 0 Å². The second-order valence-corrected chi connectivity index (χ2v) is 9.93. The molecule has 0 N–H and O–H groups in total. The lowest BCUT2D eigenvalue weighted by atomic mass is 9.68. The maximum absolute atomic E-state index is 15.4. The molecule has 2 aliphatic rings. The molecule has 2 aliphatic carbocycles. The summed E-state index contributed by atoms with van der Waals surface area (Å²) in [7, 11) is 0. The summed E-state index contributed by atoms with van der Waals surface area (Å²) in [5.41, 5.74) is 2.27. The molecule has 1 heteroatoms. The minimum atomic E-state index is 0.0411. The van der Waals surface area contributed by atoms with Crippen molar-refractivity contribution in [3.63, 3.8) is 0 Å². The minimum absolute atomic E-state index is 0.0411. The zero-order chi connectivity index (χ0) is 20.9. The van der Waals surface area contributed by atoms with Crippen LogP contribution in [0.3, 0.4) is 0 Å². The molecular formula is C29H39F. The fourth-order valence-corrected chi connectivity index (χ4v) is 6.22. The van der Waals surface area contributed by atoms with E-state index in [0.717, 1.165) is 46.9 Å². The van der Waals surface area contributed by atoms with Crippen molar-refractivity contribution in [3.8, 4) is 0 Å².